The molecule has 1 rings (SSSR count). The molecule has 0 amide bonds. The lowest BCUT2D eigenvalue weighted by Crippen LogP contribution is -2.29. The monoisotopic (exact) mass is 193 g/mol. The number of hydrogen-bond donors (Lipinski definition) is 1. The van der Waals surface area contributed by atoms with Gasteiger partial charge in [-0.3, -0.25) is 0 Å². The van der Waals surface area contributed by atoms with Gasteiger partial charge in [-0.05, 0) is 26.0 Å². The van der Waals surface area contributed by atoms with Crippen LogP contribution in [0.4, 0.5) is 0 Å². The number of hydrogen-bond acceptors (Lipinski definition) is 2. The van der Waals surface area contributed by atoms with Crippen LogP contribution in [0.15, 0.2) is 30.3 Å². The summed E-state index contributed by atoms with van der Waals surface area (Å²) in [4.78, 5) is 2.15. The van der Waals surface area contributed by atoms with Crippen molar-refractivity contribution in [3.05, 3.63) is 35.9 Å². The normalized spacial score (nSPS) is 13.1. The van der Waals surface area contributed by atoms with E-state index in [0.29, 0.717) is 0 Å². The third kappa shape index (κ3) is 4.40. The second-order valence-electron chi connectivity index (χ2n) is 3.85. The van der Waals surface area contributed by atoms with E-state index in [1.54, 1.807) is 0 Å². The summed E-state index contributed by atoms with van der Waals surface area (Å²) in [5, 5.41) is 9.18. The van der Waals surface area contributed by atoms with Gasteiger partial charge in [-0.2, -0.15) is 0 Å². The second-order valence-corrected chi connectivity index (χ2v) is 3.85. The molecule has 0 saturated carbocycles. The molecule has 1 aromatic carbocycles. The third-order valence-electron chi connectivity index (χ3n) is 2.20. The second kappa shape index (κ2) is 5.78. The van der Waals surface area contributed by atoms with E-state index in [4.69, 9.17) is 0 Å². The first-order valence-electron chi connectivity index (χ1n) is 5.09. The quantitative estimate of drug-likeness (QED) is 0.767. The first kappa shape index (κ1) is 11.2. The van der Waals surface area contributed by atoms with Gasteiger partial charge in [-0.25, -0.2) is 0 Å². The molecule has 1 aromatic rings. The Balaban J connectivity index is 2.27. The fraction of sp³-hybridized carbons (Fsp3) is 0.500. The molecule has 1 N–H and O–H groups in total. The predicted octanol–water partition coefficient (Wildman–Crippen LogP) is 1.54. The highest BCUT2D eigenvalue weighted by Crippen LogP contribution is 2.00. The standard InChI is InChI=1S/C12H19NO/c1-11(14)10-13(2)9-8-12-6-4-3-5-7-12/h3-7,11,14H,8-10H2,1-2H3/t11-/m0/s1. The van der Waals surface area contributed by atoms with Crippen molar-refractivity contribution in [3.63, 3.8) is 0 Å². The van der Waals surface area contributed by atoms with Gasteiger partial charge < -0.3 is 10.0 Å². The van der Waals surface area contributed by atoms with Gasteiger partial charge in [0, 0.05) is 13.1 Å². The van der Waals surface area contributed by atoms with E-state index in [1.165, 1.54) is 5.56 Å². The van der Waals surface area contributed by atoms with Crippen molar-refractivity contribution in [3.8, 4) is 0 Å². The summed E-state index contributed by atoms with van der Waals surface area (Å²) >= 11 is 0. The molecule has 2 heteroatoms. The molecule has 0 saturated heterocycles. The summed E-state index contributed by atoms with van der Waals surface area (Å²) in [6.07, 6.45) is 0.806. The largest absolute Gasteiger partial charge is 0.392 e. The van der Waals surface area contributed by atoms with Crippen molar-refractivity contribution in [2.24, 2.45) is 0 Å². The predicted molar refractivity (Wildman–Crippen MR) is 59.3 cm³/mol. The van der Waals surface area contributed by atoms with Crippen LogP contribution in [0.25, 0.3) is 0 Å². The summed E-state index contributed by atoms with van der Waals surface area (Å²) in [5.41, 5.74) is 1.35. The van der Waals surface area contributed by atoms with Crippen LogP contribution in [-0.2, 0) is 6.42 Å². The van der Waals surface area contributed by atoms with E-state index in [-0.39, 0.29) is 6.10 Å². The maximum Gasteiger partial charge on any atom is 0.0638 e. The lowest BCUT2D eigenvalue weighted by atomic mass is 10.1. The zero-order valence-electron chi connectivity index (χ0n) is 8.98. The molecule has 2 nitrogen and oxygen atoms in total. The summed E-state index contributed by atoms with van der Waals surface area (Å²) in [6.45, 7) is 3.56. The maximum atomic E-state index is 9.18. The van der Waals surface area contributed by atoms with Gasteiger partial charge in [0.05, 0.1) is 6.10 Å². The van der Waals surface area contributed by atoms with Gasteiger partial charge in [0.1, 0.15) is 0 Å². The van der Waals surface area contributed by atoms with Gasteiger partial charge in [0.15, 0.2) is 0 Å². The minimum absolute atomic E-state index is 0.240. The number of rotatable bonds is 5. The molecule has 0 bridgehead atoms. The highest BCUT2D eigenvalue weighted by Gasteiger charge is 2.02. The van der Waals surface area contributed by atoms with Crippen molar-refractivity contribution in [1.82, 2.24) is 4.90 Å². The highest BCUT2D eigenvalue weighted by atomic mass is 16.3. The van der Waals surface area contributed by atoms with E-state index in [1.807, 2.05) is 20.0 Å². The zero-order chi connectivity index (χ0) is 10.4. The lowest BCUT2D eigenvalue weighted by molar-refractivity contribution is 0.142. The maximum absolute atomic E-state index is 9.18. The van der Waals surface area contributed by atoms with Crippen LogP contribution in [0, 0.1) is 0 Å². The van der Waals surface area contributed by atoms with Crippen LogP contribution in [0.3, 0.4) is 0 Å². The van der Waals surface area contributed by atoms with Crippen molar-refractivity contribution in [1.29, 1.82) is 0 Å². The van der Waals surface area contributed by atoms with Crippen molar-refractivity contribution in [2.45, 2.75) is 19.4 Å². The van der Waals surface area contributed by atoms with E-state index < -0.39 is 0 Å². The molecule has 1 atom stereocenters. The van der Waals surface area contributed by atoms with Crippen LogP contribution in [-0.4, -0.2) is 36.2 Å². The van der Waals surface area contributed by atoms with Crippen LogP contribution >= 0.6 is 0 Å². The van der Waals surface area contributed by atoms with Crippen molar-refractivity contribution >= 4 is 0 Å². The minimum Gasteiger partial charge on any atom is -0.392 e. The molecular weight excluding hydrogens is 174 g/mol. The Labute approximate surface area is 86.2 Å². The van der Waals surface area contributed by atoms with Crippen molar-refractivity contribution < 1.29 is 5.11 Å². The molecule has 0 aliphatic rings. The number of aliphatic hydroxyl groups is 1. The lowest BCUT2D eigenvalue weighted by Gasteiger charge is -2.17. The molecule has 78 valence electrons. The molecule has 0 unspecified atom stereocenters. The Bertz CT molecular complexity index is 246. The average molecular weight is 193 g/mol. The van der Waals surface area contributed by atoms with Gasteiger partial charge >= 0.3 is 0 Å². The van der Waals surface area contributed by atoms with Gasteiger partial charge in [-0.1, -0.05) is 30.3 Å². The topological polar surface area (TPSA) is 23.5 Å². The summed E-state index contributed by atoms with van der Waals surface area (Å²) in [7, 11) is 2.04. The number of aliphatic hydroxyl groups excluding tert-OH is 1. The Morgan fingerprint density at radius 2 is 1.93 bits per heavy atom. The molecule has 0 aromatic heterocycles. The third-order valence-corrected chi connectivity index (χ3v) is 2.20. The average Bonchev–Trinajstić information content (AvgIpc) is 2.15. The van der Waals surface area contributed by atoms with Crippen molar-refractivity contribution in [2.75, 3.05) is 20.1 Å². The Kier molecular flexibility index (Phi) is 4.63. The highest BCUT2D eigenvalue weighted by molar-refractivity contribution is 5.14. The Morgan fingerprint density at radius 1 is 1.29 bits per heavy atom. The number of benzene rings is 1. The number of nitrogens with zero attached hydrogens (tertiary/aromatic N) is 1. The minimum atomic E-state index is -0.240. The Morgan fingerprint density at radius 3 is 2.50 bits per heavy atom. The van der Waals surface area contributed by atoms with Crippen LogP contribution < -0.4 is 0 Å². The molecule has 0 fully saturated rings. The molecule has 0 aliphatic heterocycles. The van der Waals surface area contributed by atoms with Crippen LogP contribution in [0.1, 0.15) is 12.5 Å². The Hall–Kier alpha value is -0.860. The molecule has 14 heavy (non-hydrogen) atoms. The SMILES string of the molecule is C[C@H](O)CN(C)CCc1ccccc1. The first-order valence-corrected chi connectivity index (χ1v) is 5.09. The van der Waals surface area contributed by atoms with Gasteiger partial charge in [0.25, 0.3) is 0 Å². The van der Waals surface area contributed by atoms with E-state index in [2.05, 4.69) is 29.2 Å². The van der Waals surface area contributed by atoms with Crippen LogP contribution in [0.5, 0.6) is 0 Å². The fourth-order valence-corrected chi connectivity index (χ4v) is 1.51. The zero-order valence-corrected chi connectivity index (χ0v) is 8.98. The molecule has 0 spiro atoms. The van der Waals surface area contributed by atoms with E-state index >= 15 is 0 Å². The summed E-state index contributed by atoms with van der Waals surface area (Å²) in [6, 6.07) is 10.4. The van der Waals surface area contributed by atoms with Gasteiger partial charge in [0.2, 0.25) is 0 Å². The molecule has 0 radical (unpaired) electrons. The fourth-order valence-electron chi connectivity index (χ4n) is 1.51. The first-order chi connectivity index (χ1) is 6.68. The smallest absolute Gasteiger partial charge is 0.0638 e. The summed E-state index contributed by atoms with van der Waals surface area (Å²) < 4.78 is 0. The summed E-state index contributed by atoms with van der Waals surface area (Å²) in [5.74, 6) is 0. The number of likely N-dealkylation sites (N-methyl/N-ethyl adjacent to an activating group) is 1. The van der Waals surface area contributed by atoms with E-state index in [9.17, 15) is 5.11 Å². The van der Waals surface area contributed by atoms with Crippen LogP contribution in [0.2, 0.25) is 0 Å². The molecular formula is C12H19NO. The molecule has 0 heterocycles. The van der Waals surface area contributed by atoms with E-state index in [0.717, 1.165) is 19.5 Å². The van der Waals surface area contributed by atoms with Gasteiger partial charge in [-0.15, -0.1) is 0 Å². The molecule has 0 aliphatic carbocycles.